The molecule has 1 N–H and O–H groups in total. The molecule has 0 heterocycles. The minimum absolute atomic E-state index is 0. The first-order chi connectivity index (χ1) is 10.3. The van der Waals surface area contributed by atoms with Gasteiger partial charge < -0.3 is 10.2 Å². The average molecular weight is 351 g/mol. The molecule has 1 aromatic rings. The van der Waals surface area contributed by atoms with E-state index < -0.39 is 17.2 Å². The van der Waals surface area contributed by atoms with Gasteiger partial charge in [-0.3, -0.25) is 4.79 Å². The highest BCUT2D eigenvalue weighted by atomic mass is 35.5. The van der Waals surface area contributed by atoms with Crippen molar-refractivity contribution in [3.8, 4) is 0 Å². The first-order valence-electron chi connectivity index (χ1n) is 7.39. The van der Waals surface area contributed by atoms with Crippen LogP contribution in [0.5, 0.6) is 0 Å². The first kappa shape index (κ1) is 19.8. The largest absolute Gasteiger partial charge is 0.416 e. The molecule has 0 radical (unpaired) electrons. The van der Waals surface area contributed by atoms with Crippen LogP contribution in [0, 0.1) is 0 Å². The van der Waals surface area contributed by atoms with Crippen LogP contribution in [-0.4, -0.2) is 38.0 Å². The number of nitrogens with one attached hydrogen (secondary N) is 1. The molecule has 0 atom stereocenters. The van der Waals surface area contributed by atoms with E-state index in [9.17, 15) is 18.0 Å². The molecule has 3 nitrogen and oxygen atoms in total. The number of hydrogen-bond acceptors (Lipinski definition) is 2. The van der Waals surface area contributed by atoms with Crippen molar-refractivity contribution in [3.63, 3.8) is 0 Å². The smallest absolute Gasteiger partial charge is 0.344 e. The van der Waals surface area contributed by atoms with Crippen molar-refractivity contribution < 1.29 is 18.0 Å². The SMILES string of the molecule is CNCCN(C)C(=O)C1(c2cccc(C(F)(F)F)c2)CCC1.Cl. The summed E-state index contributed by atoms with van der Waals surface area (Å²) in [7, 11) is 3.50. The molecule has 0 unspecified atom stereocenters. The van der Waals surface area contributed by atoms with Crippen LogP contribution < -0.4 is 5.32 Å². The molecule has 1 saturated carbocycles. The van der Waals surface area contributed by atoms with Gasteiger partial charge in [0.15, 0.2) is 0 Å². The molecule has 2 rings (SSSR count). The van der Waals surface area contributed by atoms with Crippen LogP contribution in [0.4, 0.5) is 13.2 Å². The summed E-state index contributed by atoms with van der Waals surface area (Å²) >= 11 is 0. The number of carbonyl (C=O) groups excluding carboxylic acids is 1. The van der Waals surface area contributed by atoms with Crippen LogP contribution in [0.2, 0.25) is 0 Å². The summed E-state index contributed by atoms with van der Waals surface area (Å²) in [4.78, 5) is 14.3. The lowest BCUT2D eigenvalue weighted by molar-refractivity contribution is -0.141. The van der Waals surface area contributed by atoms with Gasteiger partial charge in [-0.1, -0.05) is 24.6 Å². The van der Waals surface area contributed by atoms with Crippen LogP contribution >= 0.6 is 12.4 Å². The Morgan fingerprint density at radius 2 is 2.00 bits per heavy atom. The molecule has 0 aromatic heterocycles. The lowest BCUT2D eigenvalue weighted by Gasteiger charge is -2.43. The van der Waals surface area contributed by atoms with Crippen LogP contribution in [0.25, 0.3) is 0 Å². The second kappa shape index (κ2) is 7.53. The fourth-order valence-electron chi connectivity index (χ4n) is 2.90. The number of benzene rings is 1. The summed E-state index contributed by atoms with van der Waals surface area (Å²) in [6.45, 7) is 1.19. The molecule has 1 aliphatic rings. The standard InChI is InChI=1S/C16H21F3N2O.ClH/c1-20-9-10-21(2)14(22)15(7-4-8-15)12-5-3-6-13(11-12)16(17,18)19;/h3,5-6,11,20H,4,7-10H2,1-2H3;1H. The maximum Gasteiger partial charge on any atom is 0.416 e. The van der Waals surface area contributed by atoms with Gasteiger partial charge in [0.2, 0.25) is 5.91 Å². The van der Waals surface area contributed by atoms with Gasteiger partial charge >= 0.3 is 6.18 Å². The van der Waals surface area contributed by atoms with E-state index in [1.807, 2.05) is 0 Å². The van der Waals surface area contributed by atoms with Gasteiger partial charge in [0, 0.05) is 20.1 Å². The van der Waals surface area contributed by atoms with Gasteiger partial charge in [-0.2, -0.15) is 13.2 Å². The van der Waals surface area contributed by atoms with Gasteiger partial charge in [-0.25, -0.2) is 0 Å². The highest BCUT2D eigenvalue weighted by molar-refractivity contribution is 5.89. The Hall–Kier alpha value is -1.27. The van der Waals surface area contributed by atoms with Crippen molar-refractivity contribution in [2.24, 2.45) is 0 Å². The number of halogens is 4. The van der Waals surface area contributed by atoms with Crippen molar-refractivity contribution in [2.45, 2.75) is 30.9 Å². The lowest BCUT2D eigenvalue weighted by atomic mass is 9.63. The van der Waals surface area contributed by atoms with Crippen molar-refractivity contribution in [1.82, 2.24) is 10.2 Å². The molecule has 1 amide bonds. The average Bonchev–Trinajstić information content (AvgIpc) is 2.43. The zero-order chi connectivity index (χ0) is 16.4. The van der Waals surface area contributed by atoms with Crippen LogP contribution in [0.1, 0.15) is 30.4 Å². The van der Waals surface area contributed by atoms with Crippen molar-refractivity contribution >= 4 is 18.3 Å². The molecule has 1 fully saturated rings. The van der Waals surface area contributed by atoms with E-state index >= 15 is 0 Å². The summed E-state index contributed by atoms with van der Waals surface area (Å²) in [6.07, 6.45) is -2.31. The monoisotopic (exact) mass is 350 g/mol. The van der Waals surface area contributed by atoms with Gasteiger partial charge in [0.1, 0.15) is 0 Å². The van der Waals surface area contributed by atoms with Crippen molar-refractivity contribution in [3.05, 3.63) is 35.4 Å². The second-order valence-electron chi connectivity index (χ2n) is 5.84. The first-order valence-corrected chi connectivity index (χ1v) is 7.39. The normalized spacial score (nSPS) is 16.2. The van der Waals surface area contributed by atoms with Gasteiger partial charge in [0.05, 0.1) is 11.0 Å². The Morgan fingerprint density at radius 1 is 1.35 bits per heavy atom. The number of alkyl halides is 3. The maximum absolute atomic E-state index is 12.9. The van der Waals surface area contributed by atoms with E-state index in [2.05, 4.69) is 5.32 Å². The molecule has 130 valence electrons. The zero-order valence-corrected chi connectivity index (χ0v) is 14.1. The Balaban J connectivity index is 0.00000264. The third-order valence-corrected chi connectivity index (χ3v) is 4.40. The molecule has 0 saturated heterocycles. The van der Waals surface area contributed by atoms with E-state index in [0.29, 0.717) is 31.5 Å². The van der Waals surface area contributed by atoms with Crippen molar-refractivity contribution in [2.75, 3.05) is 27.2 Å². The van der Waals surface area contributed by atoms with E-state index in [1.165, 1.54) is 6.07 Å². The third kappa shape index (κ3) is 3.98. The molecule has 0 spiro atoms. The summed E-state index contributed by atoms with van der Waals surface area (Å²) in [6, 6.07) is 5.20. The lowest BCUT2D eigenvalue weighted by Crippen LogP contribution is -2.51. The predicted octanol–water partition coefficient (Wildman–Crippen LogP) is 3.23. The Morgan fingerprint density at radius 3 is 2.48 bits per heavy atom. The van der Waals surface area contributed by atoms with Crippen LogP contribution in [0.15, 0.2) is 24.3 Å². The Kier molecular flexibility index (Phi) is 6.48. The fraction of sp³-hybridized carbons (Fsp3) is 0.562. The summed E-state index contributed by atoms with van der Waals surface area (Å²) in [5.41, 5.74) is -0.999. The number of carbonyl (C=O) groups is 1. The predicted molar refractivity (Wildman–Crippen MR) is 85.8 cm³/mol. The van der Waals surface area contributed by atoms with Gasteiger partial charge in [-0.15, -0.1) is 12.4 Å². The van der Waals surface area contributed by atoms with Crippen molar-refractivity contribution in [1.29, 1.82) is 0 Å². The summed E-state index contributed by atoms with van der Waals surface area (Å²) in [5.74, 6) is -0.0895. The minimum atomic E-state index is -4.39. The quantitative estimate of drug-likeness (QED) is 0.884. The van der Waals surface area contributed by atoms with E-state index in [4.69, 9.17) is 0 Å². The highest BCUT2D eigenvalue weighted by Crippen LogP contribution is 2.46. The number of likely N-dealkylation sites (N-methyl/N-ethyl adjacent to an activating group) is 2. The van der Waals surface area contributed by atoms with Gasteiger partial charge in [-0.05, 0) is 31.5 Å². The van der Waals surface area contributed by atoms with E-state index in [1.54, 1.807) is 25.1 Å². The maximum atomic E-state index is 12.9. The molecule has 7 heteroatoms. The number of rotatable bonds is 5. The van der Waals surface area contributed by atoms with E-state index in [0.717, 1.165) is 18.6 Å². The Labute approximate surface area is 140 Å². The Bertz CT molecular complexity index is 544. The molecule has 23 heavy (non-hydrogen) atoms. The number of hydrogen-bond donors (Lipinski definition) is 1. The van der Waals surface area contributed by atoms with Gasteiger partial charge in [0.25, 0.3) is 0 Å². The summed E-state index contributed by atoms with van der Waals surface area (Å²) < 4.78 is 38.7. The minimum Gasteiger partial charge on any atom is -0.344 e. The molecule has 0 aliphatic heterocycles. The molecular weight excluding hydrogens is 329 g/mol. The third-order valence-electron chi connectivity index (χ3n) is 4.40. The van der Waals surface area contributed by atoms with Crippen LogP contribution in [-0.2, 0) is 16.4 Å². The van der Waals surface area contributed by atoms with E-state index in [-0.39, 0.29) is 18.3 Å². The fourth-order valence-corrected chi connectivity index (χ4v) is 2.90. The number of amides is 1. The zero-order valence-electron chi connectivity index (χ0n) is 13.2. The topological polar surface area (TPSA) is 32.3 Å². The molecular formula is C16H22ClF3N2O. The second-order valence-corrected chi connectivity index (χ2v) is 5.84. The van der Waals surface area contributed by atoms with Crippen LogP contribution in [0.3, 0.4) is 0 Å². The molecule has 1 aromatic carbocycles. The molecule has 0 bridgehead atoms. The number of nitrogens with zero attached hydrogens (tertiary/aromatic N) is 1. The highest BCUT2D eigenvalue weighted by Gasteiger charge is 2.47. The molecule has 1 aliphatic carbocycles. The summed E-state index contributed by atoms with van der Waals surface area (Å²) in [5, 5.41) is 2.97.